The first-order valence-corrected chi connectivity index (χ1v) is 4.96. The summed E-state index contributed by atoms with van der Waals surface area (Å²) < 4.78 is 0. The SMILES string of the molecule is CC1CCN(CC(C)(N)C#N)CC1. The molecule has 0 aromatic carbocycles. The van der Waals surface area contributed by atoms with Crippen LogP contribution < -0.4 is 5.73 Å². The highest BCUT2D eigenvalue weighted by Crippen LogP contribution is 2.17. The molecule has 13 heavy (non-hydrogen) atoms. The van der Waals surface area contributed by atoms with Crippen LogP contribution in [0.15, 0.2) is 0 Å². The van der Waals surface area contributed by atoms with Gasteiger partial charge in [-0.05, 0) is 38.8 Å². The number of nitrogens with two attached hydrogens (primary N) is 1. The molecular weight excluding hydrogens is 162 g/mol. The van der Waals surface area contributed by atoms with Crippen LogP contribution in [0.4, 0.5) is 0 Å². The zero-order chi connectivity index (χ0) is 9.90. The van der Waals surface area contributed by atoms with Gasteiger partial charge in [0.25, 0.3) is 0 Å². The number of likely N-dealkylation sites (tertiary alicyclic amines) is 1. The smallest absolute Gasteiger partial charge is 0.114 e. The van der Waals surface area contributed by atoms with E-state index in [2.05, 4.69) is 17.9 Å². The molecule has 74 valence electrons. The maximum atomic E-state index is 8.78. The van der Waals surface area contributed by atoms with Gasteiger partial charge in [-0.15, -0.1) is 0 Å². The zero-order valence-corrected chi connectivity index (χ0v) is 8.58. The molecule has 0 radical (unpaired) electrons. The molecule has 0 aromatic rings. The summed E-state index contributed by atoms with van der Waals surface area (Å²) in [5, 5.41) is 8.78. The monoisotopic (exact) mass is 181 g/mol. The highest BCUT2D eigenvalue weighted by Gasteiger charge is 2.24. The summed E-state index contributed by atoms with van der Waals surface area (Å²) in [5.41, 5.74) is 5.10. The van der Waals surface area contributed by atoms with Gasteiger partial charge in [-0.2, -0.15) is 5.26 Å². The Labute approximate surface area is 80.5 Å². The molecule has 1 unspecified atom stereocenters. The lowest BCUT2D eigenvalue weighted by Gasteiger charge is -2.33. The quantitative estimate of drug-likeness (QED) is 0.690. The fourth-order valence-electron chi connectivity index (χ4n) is 1.72. The van der Waals surface area contributed by atoms with E-state index in [9.17, 15) is 0 Å². The Balaban J connectivity index is 2.35. The summed E-state index contributed by atoms with van der Waals surface area (Å²) in [6.07, 6.45) is 2.48. The molecule has 0 bridgehead atoms. The zero-order valence-electron chi connectivity index (χ0n) is 8.58. The Hall–Kier alpha value is -0.590. The van der Waals surface area contributed by atoms with E-state index in [1.807, 2.05) is 0 Å². The second-order valence-corrected chi connectivity index (χ2v) is 4.49. The third kappa shape index (κ3) is 3.33. The van der Waals surface area contributed by atoms with E-state index in [1.54, 1.807) is 6.92 Å². The molecule has 2 N–H and O–H groups in total. The van der Waals surface area contributed by atoms with Gasteiger partial charge in [-0.25, -0.2) is 0 Å². The molecule has 1 rings (SSSR count). The Morgan fingerprint density at radius 3 is 2.54 bits per heavy atom. The van der Waals surface area contributed by atoms with Crippen LogP contribution >= 0.6 is 0 Å². The van der Waals surface area contributed by atoms with Crippen LogP contribution in [0.3, 0.4) is 0 Å². The Kier molecular flexibility index (Phi) is 3.29. The Morgan fingerprint density at radius 2 is 2.08 bits per heavy atom. The van der Waals surface area contributed by atoms with E-state index in [4.69, 9.17) is 11.0 Å². The average Bonchev–Trinajstić information content (AvgIpc) is 2.09. The van der Waals surface area contributed by atoms with E-state index in [1.165, 1.54) is 12.8 Å². The minimum Gasteiger partial charge on any atom is -0.313 e. The fourth-order valence-corrected chi connectivity index (χ4v) is 1.72. The predicted molar refractivity (Wildman–Crippen MR) is 53.0 cm³/mol. The normalized spacial score (nSPS) is 25.1. The molecule has 1 aliphatic rings. The van der Waals surface area contributed by atoms with Gasteiger partial charge in [0.15, 0.2) is 0 Å². The first kappa shape index (κ1) is 10.5. The molecule has 3 heteroatoms. The molecule has 1 aliphatic heterocycles. The Bertz CT molecular complexity index is 197. The van der Waals surface area contributed by atoms with Crippen molar-refractivity contribution in [3.63, 3.8) is 0 Å². The van der Waals surface area contributed by atoms with Crippen LogP contribution in [0, 0.1) is 17.2 Å². The van der Waals surface area contributed by atoms with Gasteiger partial charge in [-0.1, -0.05) is 6.92 Å². The van der Waals surface area contributed by atoms with Crippen molar-refractivity contribution < 1.29 is 0 Å². The molecule has 0 aliphatic carbocycles. The first-order valence-electron chi connectivity index (χ1n) is 4.96. The summed E-state index contributed by atoms with van der Waals surface area (Å²) in [4.78, 5) is 2.29. The van der Waals surface area contributed by atoms with Crippen molar-refractivity contribution in [1.82, 2.24) is 4.90 Å². The van der Waals surface area contributed by atoms with Crippen molar-refractivity contribution in [1.29, 1.82) is 5.26 Å². The van der Waals surface area contributed by atoms with Crippen LogP contribution in [0.25, 0.3) is 0 Å². The highest BCUT2D eigenvalue weighted by molar-refractivity contribution is 5.03. The van der Waals surface area contributed by atoms with E-state index in [0.29, 0.717) is 6.54 Å². The topological polar surface area (TPSA) is 53.0 Å². The molecule has 3 nitrogen and oxygen atoms in total. The second-order valence-electron chi connectivity index (χ2n) is 4.49. The van der Waals surface area contributed by atoms with Gasteiger partial charge in [0, 0.05) is 6.54 Å². The number of nitriles is 1. The Morgan fingerprint density at radius 1 is 1.54 bits per heavy atom. The predicted octanol–water partition coefficient (Wildman–Crippen LogP) is 0.959. The first-order chi connectivity index (χ1) is 6.03. The van der Waals surface area contributed by atoms with Gasteiger partial charge < -0.3 is 10.6 Å². The summed E-state index contributed by atoms with van der Waals surface area (Å²) in [7, 11) is 0. The minimum absolute atomic E-state index is 0.680. The highest BCUT2D eigenvalue weighted by atomic mass is 15.1. The lowest BCUT2D eigenvalue weighted by atomic mass is 9.97. The maximum Gasteiger partial charge on any atom is 0.114 e. The van der Waals surface area contributed by atoms with Crippen LogP contribution in [-0.2, 0) is 0 Å². The fraction of sp³-hybridized carbons (Fsp3) is 0.900. The van der Waals surface area contributed by atoms with Crippen molar-refractivity contribution in [3.8, 4) is 6.07 Å². The third-order valence-electron chi connectivity index (χ3n) is 2.68. The van der Waals surface area contributed by atoms with Gasteiger partial charge in [0.2, 0.25) is 0 Å². The van der Waals surface area contributed by atoms with Crippen molar-refractivity contribution >= 4 is 0 Å². The molecule has 0 amide bonds. The maximum absolute atomic E-state index is 8.78. The minimum atomic E-state index is -0.680. The van der Waals surface area contributed by atoms with E-state index in [-0.39, 0.29) is 0 Å². The van der Waals surface area contributed by atoms with Gasteiger partial charge in [0.1, 0.15) is 5.54 Å². The number of hydrogen-bond donors (Lipinski definition) is 1. The third-order valence-corrected chi connectivity index (χ3v) is 2.68. The standard InChI is InChI=1S/C10H19N3/c1-9-3-5-13(6-4-9)8-10(2,12)7-11/h9H,3-6,8,12H2,1-2H3. The number of rotatable bonds is 2. The molecule has 0 aromatic heterocycles. The van der Waals surface area contributed by atoms with Gasteiger partial charge in [0.05, 0.1) is 6.07 Å². The average molecular weight is 181 g/mol. The summed E-state index contributed by atoms with van der Waals surface area (Å²) in [6, 6.07) is 2.14. The van der Waals surface area contributed by atoms with Gasteiger partial charge >= 0.3 is 0 Å². The van der Waals surface area contributed by atoms with E-state index in [0.717, 1.165) is 19.0 Å². The lowest BCUT2D eigenvalue weighted by Crippen LogP contribution is -2.48. The summed E-state index contributed by atoms with van der Waals surface area (Å²) in [6.45, 7) is 6.97. The van der Waals surface area contributed by atoms with Crippen LogP contribution in [-0.4, -0.2) is 30.1 Å². The van der Waals surface area contributed by atoms with Crippen LogP contribution in [0.1, 0.15) is 26.7 Å². The van der Waals surface area contributed by atoms with Crippen molar-refractivity contribution in [2.75, 3.05) is 19.6 Å². The van der Waals surface area contributed by atoms with Crippen molar-refractivity contribution in [2.45, 2.75) is 32.2 Å². The summed E-state index contributed by atoms with van der Waals surface area (Å²) >= 11 is 0. The molecular formula is C10H19N3. The summed E-state index contributed by atoms with van der Waals surface area (Å²) in [5.74, 6) is 0.836. The van der Waals surface area contributed by atoms with E-state index < -0.39 is 5.54 Å². The number of piperidine rings is 1. The largest absolute Gasteiger partial charge is 0.313 e. The van der Waals surface area contributed by atoms with Crippen molar-refractivity contribution in [2.24, 2.45) is 11.7 Å². The van der Waals surface area contributed by atoms with Gasteiger partial charge in [-0.3, -0.25) is 0 Å². The lowest BCUT2D eigenvalue weighted by molar-refractivity contribution is 0.173. The van der Waals surface area contributed by atoms with Crippen molar-refractivity contribution in [3.05, 3.63) is 0 Å². The number of hydrogen-bond acceptors (Lipinski definition) is 3. The molecule has 1 fully saturated rings. The molecule has 1 heterocycles. The van der Waals surface area contributed by atoms with E-state index >= 15 is 0 Å². The molecule has 0 spiro atoms. The van der Waals surface area contributed by atoms with Crippen LogP contribution in [0.5, 0.6) is 0 Å². The number of nitrogens with zero attached hydrogens (tertiary/aromatic N) is 2. The molecule has 1 saturated heterocycles. The molecule has 0 saturated carbocycles. The second kappa shape index (κ2) is 4.08. The molecule has 1 atom stereocenters. The van der Waals surface area contributed by atoms with Crippen LogP contribution in [0.2, 0.25) is 0 Å².